The molecule has 0 unspecified atom stereocenters. The number of nitrogens with two attached hydrogens (primary N) is 2. The van der Waals surface area contributed by atoms with Crippen molar-refractivity contribution < 1.29 is 9.90 Å². The Morgan fingerprint density at radius 3 is 2.62 bits per heavy atom. The summed E-state index contributed by atoms with van der Waals surface area (Å²) in [6.07, 6.45) is 0. The zero-order valence-electron chi connectivity index (χ0n) is 10.4. The van der Waals surface area contributed by atoms with E-state index in [0.29, 0.717) is 20.7 Å². The molecule has 110 valence electrons. The molecule has 6 N–H and O–H groups in total. The van der Waals surface area contributed by atoms with Gasteiger partial charge in [0, 0.05) is 10.9 Å². The predicted molar refractivity (Wildman–Crippen MR) is 83.6 cm³/mol. The second-order valence-electron chi connectivity index (χ2n) is 3.90. The molecule has 0 aliphatic rings. The standard InChI is InChI=1S/C12H10Cl2N4O2S/c13-6-2-1-5(3-7(6)14)11-17-8(4-21-11)9(15)10(18-16)12(19)20/h1-4,18H,15-16H2,(H,19,20)/b10-9-. The van der Waals surface area contributed by atoms with E-state index >= 15 is 0 Å². The molecule has 0 aliphatic heterocycles. The largest absolute Gasteiger partial charge is 0.476 e. The Hall–Kier alpha value is -1.80. The number of hydrogen-bond donors (Lipinski definition) is 4. The van der Waals surface area contributed by atoms with Crippen LogP contribution in [0.25, 0.3) is 16.3 Å². The molecule has 0 amide bonds. The first-order valence-corrected chi connectivity index (χ1v) is 7.18. The highest BCUT2D eigenvalue weighted by Gasteiger charge is 2.15. The maximum atomic E-state index is 11.0. The Kier molecular flexibility index (Phi) is 4.69. The van der Waals surface area contributed by atoms with Gasteiger partial charge >= 0.3 is 5.97 Å². The van der Waals surface area contributed by atoms with Gasteiger partial charge in [0.05, 0.1) is 15.7 Å². The summed E-state index contributed by atoms with van der Waals surface area (Å²) in [7, 11) is 0. The monoisotopic (exact) mass is 344 g/mol. The highest BCUT2D eigenvalue weighted by atomic mass is 35.5. The van der Waals surface area contributed by atoms with Gasteiger partial charge < -0.3 is 16.3 Å². The number of aromatic nitrogens is 1. The smallest absolute Gasteiger partial charge is 0.355 e. The molecular weight excluding hydrogens is 335 g/mol. The van der Waals surface area contributed by atoms with Crippen molar-refractivity contribution in [1.82, 2.24) is 10.4 Å². The van der Waals surface area contributed by atoms with Crippen molar-refractivity contribution in [1.29, 1.82) is 0 Å². The van der Waals surface area contributed by atoms with Crippen LogP contribution in [0.1, 0.15) is 5.69 Å². The van der Waals surface area contributed by atoms with Crippen molar-refractivity contribution in [3.63, 3.8) is 0 Å². The van der Waals surface area contributed by atoms with Crippen molar-refractivity contribution in [2.24, 2.45) is 11.6 Å². The zero-order valence-corrected chi connectivity index (χ0v) is 12.8. The molecule has 0 spiro atoms. The lowest BCUT2D eigenvalue weighted by molar-refractivity contribution is -0.133. The van der Waals surface area contributed by atoms with Crippen LogP contribution in [0.2, 0.25) is 10.0 Å². The topological polar surface area (TPSA) is 114 Å². The summed E-state index contributed by atoms with van der Waals surface area (Å²) >= 11 is 13.1. The van der Waals surface area contributed by atoms with Crippen LogP contribution in [0, 0.1) is 0 Å². The van der Waals surface area contributed by atoms with Gasteiger partial charge in [-0.15, -0.1) is 11.3 Å². The fraction of sp³-hybridized carbons (Fsp3) is 0. The number of benzene rings is 1. The third-order valence-electron chi connectivity index (χ3n) is 2.57. The van der Waals surface area contributed by atoms with Crippen LogP contribution < -0.4 is 17.0 Å². The molecule has 0 bridgehead atoms. The molecule has 0 saturated carbocycles. The molecule has 1 aromatic carbocycles. The zero-order chi connectivity index (χ0) is 15.6. The molecule has 0 aliphatic carbocycles. The number of thiazole rings is 1. The van der Waals surface area contributed by atoms with Crippen molar-refractivity contribution in [2.75, 3.05) is 0 Å². The summed E-state index contributed by atoms with van der Waals surface area (Å²) in [6, 6.07) is 5.09. The van der Waals surface area contributed by atoms with Crippen LogP contribution >= 0.6 is 34.5 Å². The molecule has 2 rings (SSSR count). The van der Waals surface area contributed by atoms with Gasteiger partial charge in [0.15, 0.2) is 5.70 Å². The maximum absolute atomic E-state index is 11.0. The molecule has 2 aromatic rings. The van der Waals surface area contributed by atoms with E-state index in [-0.39, 0.29) is 11.4 Å². The van der Waals surface area contributed by atoms with Crippen molar-refractivity contribution >= 4 is 46.2 Å². The van der Waals surface area contributed by atoms with E-state index in [4.69, 9.17) is 39.9 Å². The van der Waals surface area contributed by atoms with Gasteiger partial charge in [0.25, 0.3) is 0 Å². The van der Waals surface area contributed by atoms with E-state index in [1.165, 1.54) is 11.3 Å². The molecule has 0 atom stereocenters. The first kappa shape index (κ1) is 15.6. The van der Waals surface area contributed by atoms with Gasteiger partial charge in [-0.2, -0.15) is 0 Å². The van der Waals surface area contributed by atoms with Crippen molar-refractivity contribution in [2.45, 2.75) is 0 Å². The first-order valence-electron chi connectivity index (χ1n) is 5.55. The van der Waals surface area contributed by atoms with Gasteiger partial charge in [-0.05, 0) is 12.1 Å². The minimum Gasteiger partial charge on any atom is -0.476 e. The summed E-state index contributed by atoms with van der Waals surface area (Å²) in [4.78, 5) is 15.2. The van der Waals surface area contributed by atoms with E-state index in [1.54, 1.807) is 23.6 Å². The summed E-state index contributed by atoms with van der Waals surface area (Å²) < 4.78 is 0. The lowest BCUT2D eigenvalue weighted by Crippen LogP contribution is -2.29. The minimum absolute atomic E-state index is 0.0486. The van der Waals surface area contributed by atoms with Crippen LogP contribution in [0.15, 0.2) is 29.3 Å². The van der Waals surface area contributed by atoms with Gasteiger partial charge in [0.1, 0.15) is 10.7 Å². The van der Waals surface area contributed by atoms with Crippen LogP contribution in [0.4, 0.5) is 0 Å². The Bertz CT molecular complexity index is 730. The maximum Gasteiger partial charge on any atom is 0.355 e. The van der Waals surface area contributed by atoms with E-state index in [9.17, 15) is 4.79 Å². The van der Waals surface area contributed by atoms with Crippen LogP contribution in [-0.2, 0) is 4.79 Å². The normalized spacial score (nSPS) is 12.0. The Morgan fingerprint density at radius 1 is 1.33 bits per heavy atom. The van der Waals surface area contributed by atoms with Crippen LogP contribution in [0.3, 0.4) is 0 Å². The molecule has 1 aromatic heterocycles. The number of rotatable bonds is 4. The number of hydrogen-bond acceptors (Lipinski definition) is 6. The SMILES string of the molecule is NN/C(C(=O)O)=C(\N)c1csc(-c2ccc(Cl)c(Cl)c2)n1. The number of hydrazine groups is 1. The molecule has 21 heavy (non-hydrogen) atoms. The summed E-state index contributed by atoms with van der Waals surface area (Å²) in [5, 5.41) is 12.1. The lowest BCUT2D eigenvalue weighted by Gasteiger charge is -2.04. The Balaban J connectivity index is 2.42. The molecular formula is C12H10Cl2N4O2S. The van der Waals surface area contributed by atoms with Gasteiger partial charge in [-0.3, -0.25) is 5.84 Å². The second-order valence-corrected chi connectivity index (χ2v) is 5.58. The first-order chi connectivity index (χ1) is 9.93. The van der Waals surface area contributed by atoms with Gasteiger partial charge in [-0.1, -0.05) is 29.3 Å². The van der Waals surface area contributed by atoms with E-state index in [0.717, 1.165) is 5.56 Å². The van der Waals surface area contributed by atoms with Crippen molar-refractivity contribution in [3.8, 4) is 10.6 Å². The number of halogens is 2. The lowest BCUT2D eigenvalue weighted by atomic mass is 10.2. The number of carbonyl (C=O) groups is 1. The molecule has 0 fully saturated rings. The number of carboxylic acid groups (broad SMARTS) is 1. The van der Waals surface area contributed by atoms with E-state index < -0.39 is 5.97 Å². The fourth-order valence-corrected chi connectivity index (χ4v) is 2.66. The average molecular weight is 345 g/mol. The average Bonchev–Trinajstić information content (AvgIpc) is 2.92. The highest BCUT2D eigenvalue weighted by molar-refractivity contribution is 7.13. The molecule has 1 heterocycles. The molecule has 9 heteroatoms. The summed E-state index contributed by atoms with van der Waals surface area (Å²) in [5.74, 6) is 3.88. The van der Waals surface area contributed by atoms with Gasteiger partial charge in [-0.25, -0.2) is 9.78 Å². The van der Waals surface area contributed by atoms with Gasteiger partial charge in [0.2, 0.25) is 0 Å². The Labute approximate surface area is 134 Å². The third-order valence-corrected chi connectivity index (χ3v) is 4.20. The van der Waals surface area contributed by atoms with Crippen LogP contribution in [0.5, 0.6) is 0 Å². The van der Waals surface area contributed by atoms with Crippen LogP contribution in [-0.4, -0.2) is 16.1 Å². The van der Waals surface area contributed by atoms with Crippen molar-refractivity contribution in [3.05, 3.63) is 45.0 Å². The number of aliphatic carboxylic acids is 1. The minimum atomic E-state index is -1.26. The third kappa shape index (κ3) is 3.27. The predicted octanol–water partition coefficient (Wildman–Crippen LogP) is 2.29. The number of nitrogens with one attached hydrogen (secondary N) is 1. The fourth-order valence-electron chi connectivity index (χ4n) is 1.54. The molecule has 0 radical (unpaired) electrons. The summed E-state index contributed by atoms with van der Waals surface area (Å²) in [6.45, 7) is 0. The second kappa shape index (κ2) is 6.31. The Morgan fingerprint density at radius 2 is 2.05 bits per heavy atom. The quantitative estimate of drug-likeness (QED) is 0.384. The molecule has 0 saturated heterocycles. The number of carboxylic acids is 1. The summed E-state index contributed by atoms with van der Waals surface area (Å²) in [5.41, 5.74) is 8.50. The van der Waals surface area contributed by atoms with E-state index in [2.05, 4.69) is 4.98 Å². The highest BCUT2D eigenvalue weighted by Crippen LogP contribution is 2.31. The van der Waals surface area contributed by atoms with E-state index in [1.807, 2.05) is 5.43 Å². The number of nitrogens with zero attached hydrogens (tertiary/aromatic N) is 1. The molecule has 6 nitrogen and oxygen atoms in total.